The average molecular weight is 463 g/mol. The predicted octanol–water partition coefficient (Wildman–Crippen LogP) is 3.79. The van der Waals surface area contributed by atoms with Crippen molar-refractivity contribution in [2.75, 3.05) is 13.1 Å². The number of thioether (sulfide) groups is 1. The number of carbonyl (C=O) groups is 2. The lowest BCUT2D eigenvalue weighted by molar-refractivity contribution is -0.122. The lowest BCUT2D eigenvalue weighted by Gasteiger charge is -2.15. The Morgan fingerprint density at radius 3 is 2.78 bits per heavy atom. The Morgan fingerprint density at radius 1 is 1.26 bits per heavy atom. The number of nitrogens with zero attached hydrogens (tertiary/aromatic N) is 1. The van der Waals surface area contributed by atoms with Crippen LogP contribution in [0.25, 0.3) is 6.08 Å². The van der Waals surface area contributed by atoms with Crippen LogP contribution in [0, 0.1) is 0 Å². The lowest BCUT2D eigenvalue weighted by Crippen LogP contribution is -2.37. The first-order valence-corrected chi connectivity index (χ1v) is 10.0. The van der Waals surface area contributed by atoms with Gasteiger partial charge in [0, 0.05) is 17.6 Å². The number of nitrogens with one attached hydrogen (secondary N) is 1. The van der Waals surface area contributed by atoms with Crippen molar-refractivity contribution in [3.63, 3.8) is 0 Å². The first-order chi connectivity index (χ1) is 13.0. The van der Waals surface area contributed by atoms with Gasteiger partial charge in [-0.2, -0.15) is 0 Å². The fourth-order valence-electron chi connectivity index (χ4n) is 2.48. The van der Waals surface area contributed by atoms with E-state index in [4.69, 9.17) is 12.2 Å². The minimum Gasteiger partial charge on any atom is -0.507 e. The molecule has 8 heteroatoms. The van der Waals surface area contributed by atoms with Crippen LogP contribution in [0.1, 0.15) is 15.9 Å². The van der Waals surface area contributed by atoms with E-state index in [9.17, 15) is 14.7 Å². The van der Waals surface area contributed by atoms with Gasteiger partial charge in [-0.3, -0.25) is 14.5 Å². The Morgan fingerprint density at radius 2 is 2.04 bits per heavy atom. The van der Waals surface area contributed by atoms with Gasteiger partial charge < -0.3 is 10.4 Å². The molecule has 0 radical (unpaired) electrons. The first-order valence-electron chi connectivity index (χ1n) is 8.03. The maximum absolute atomic E-state index is 12.6. The summed E-state index contributed by atoms with van der Waals surface area (Å²) in [5.41, 5.74) is 1.09. The van der Waals surface area contributed by atoms with Gasteiger partial charge in [0.2, 0.25) is 0 Å². The van der Waals surface area contributed by atoms with Crippen LogP contribution >= 0.6 is 39.9 Å². The molecule has 1 aliphatic heterocycles. The van der Waals surface area contributed by atoms with Crippen LogP contribution in [0.15, 0.2) is 57.9 Å². The van der Waals surface area contributed by atoms with Crippen molar-refractivity contribution in [2.24, 2.45) is 0 Å². The molecule has 2 aromatic rings. The number of hydrogen-bond donors (Lipinski definition) is 2. The van der Waals surface area contributed by atoms with Crippen LogP contribution in [0.4, 0.5) is 0 Å². The third-order valence-corrected chi connectivity index (χ3v) is 5.66. The summed E-state index contributed by atoms with van der Waals surface area (Å²) in [6.45, 7) is 0.490. The summed E-state index contributed by atoms with van der Waals surface area (Å²) in [6.07, 6.45) is 1.80. The number of phenolic OH excluding ortho intramolecular Hbond substituents is 1. The van der Waals surface area contributed by atoms with Crippen LogP contribution in [0.5, 0.6) is 5.75 Å². The highest BCUT2D eigenvalue weighted by Crippen LogP contribution is 2.32. The second kappa shape index (κ2) is 8.69. The Labute approximate surface area is 174 Å². The molecule has 0 spiro atoms. The zero-order chi connectivity index (χ0) is 19.4. The standard InChI is InChI=1S/C19H15BrN2O3S2/c20-13-5-3-4-12(10-13)11-16-18(25)22(19(26)27-16)9-8-21-17(24)14-6-1-2-7-15(14)23/h1-7,10-11,23H,8-9H2,(H,21,24)/b16-11+. The van der Waals surface area contributed by atoms with E-state index in [2.05, 4.69) is 21.2 Å². The molecule has 0 aromatic heterocycles. The molecule has 0 bridgehead atoms. The molecule has 3 rings (SSSR count). The van der Waals surface area contributed by atoms with Crippen LogP contribution < -0.4 is 5.32 Å². The molecule has 138 valence electrons. The molecule has 1 heterocycles. The van der Waals surface area contributed by atoms with Crippen molar-refractivity contribution in [1.82, 2.24) is 10.2 Å². The van der Waals surface area contributed by atoms with Gasteiger partial charge in [-0.15, -0.1) is 0 Å². The third kappa shape index (κ3) is 4.77. The topological polar surface area (TPSA) is 69.6 Å². The largest absolute Gasteiger partial charge is 0.507 e. The number of para-hydroxylation sites is 1. The Bertz CT molecular complexity index is 946. The summed E-state index contributed by atoms with van der Waals surface area (Å²) in [5, 5.41) is 12.4. The van der Waals surface area contributed by atoms with E-state index in [1.165, 1.54) is 28.8 Å². The first kappa shape index (κ1) is 19.6. The minimum absolute atomic E-state index is 0.0856. The zero-order valence-electron chi connectivity index (χ0n) is 14.0. The van der Waals surface area contributed by atoms with Crippen molar-refractivity contribution in [3.8, 4) is 5.75 Å². The van der Waals surface area contributed by atoms with Crippen molar-refractivity contribution >= 4 is 62.1 Å². The van der Waals surface area contributed by atoms with Crippen LogP contribution in [-0.2, 0) is 4.79 Å². The number of hydrogen-bond acceptors (Lipinski definition) is 5. The molecule has 2 aromatic carbocycles. The van der Waals surface area contributed by atoms with E-state index >= 15 is 0 Å². The Hall–Kier alpha value is -2.16. The molecule has 5 nitrogen and oxygen atoms in total. The van der Waals surface area contributed by atoms with Gasteiger partial charge in [-0.25, -0.2) is 0 Å². The second-order valence-corrected chi connectivity index (χ2v) is 8.25. The summed E-state index contributed by atoms with van der Waals surface area (Å²) in [6, 6.07) is 13.9. The molecule has 1 fully saturated rings. The fraction of sp³-hybridized carbons (Fsp3) is 0.105. The number of amides is 2. The number of benzene rings is 2. The van der Waals surface area contributed by atoms with Crippen molar-refractivity contribution < 1.29 is 14.7 Å². The number of phenols is 1. The number of halogens is 1. The van der Waals surface area contributed by atoms with Gasteiger partial charge in [-0.1, -0.05) is 64.2 Å². The minimum atomic E-state index is -0.400. The number of thiocarbonyl (C=S) groups is 1. The van der Waals surface area contributed by atoms with E-state index in [-0.39, 0.29) is 30.3 Å². The van der Waals surface area contributed by atoms with E-state index < -0.39 is 5.91 Å². The van der Waals surface area contributed by atoms with Gasteiger partial charge >= 0.3 is 0 Å². The second-order valence-electron chi connectivity index (χ2n) is 5.66. The Kier molecular flexibility index (Phi) is 6.30. The van der Waals surface area contributed by atoms with E-state index in [1.807, 2.05) is 24.3 Å². The highest BCUT2D eigenvalue weighted by molar-refractivity contribution is 9.10. The highest BCUT2D eigenvalue weighted by Gasteiger charge is 2.31. The fourth-order valence-corrected chi connectivity index (χ4v) is 4.21. The quantitative estimate of drug-likeness (QED) is 0.522. The molecule has 0 saturated carbocycles. The monoisotopic (exact) mass is 462 g/mol. The van der Waals surface area contributed by atoms with Gasteiger partial charge in [0.1, 0.15) is 10.1 Å². The van der Waals surface area contributed by atoms with Gasteiger partial charge in [0.05, 0.1) is 10.5 Å². The highest BCUT2D eigenvalue weighted by atomic mass is 79.9. The normalized spacial score (nSPS) is 15.4. The smallest absolute Gasteiger partial charge is 0.266 e. The van der Waals surface area contributed by atoms with Crippen LogP contribution in [0.3, 0.4) is 0 Å². The van der Waals surface area contributed by atoms with Gasteiger partial charge in [0.25, 0.3) is 11.8 Å². The maximum Gasteiger partial charge on any atom is 0.266 e. The van der Waals surface area contributed by atoms with E-state index in [0.717, 1.165) is 10.0 Å². The molecule has 0 unspecified atom stereocenters. The molecule has 1 saturated heterocycles. The lowest BCUT2D eigenvalue weighted by atomic mass is 10.2. The van der Waals surface area contributed by atoms with Crippen molar-refractivity contribution in [3.05, 3.63) is 69.0 Å². The molecular weight excluding hydrogens is 448 g/mol. The van der Waals surface area contributed by atoms with Gasteiger partial charge in [0.15, 0.2) is 0 Å². The summed E-state index contributed by atoms with van der Waals surface area (Å²) in [5.74, 6) is -0.664. The molecule has 2 N–H and O–H groups in total. The molecule has 0 aliphatic carbocycles. The third-order valence-electron chi connectivity index (χ3n) is 3.79. The molecule has 1 aliphatic rings. The van der Waals surface area contributed by atoms with Gasteiger partial charge in [-0.05, 0) is 35.9 Å². The summed E-state index contributed by atoms with van der Waals surface area (Å²) in [4.78, 5) is 26.7. The molecule has 27 heavy (non-hydrogen) atoms. The molecule has 0 atom stereocenters. The molecule has 2 amide bonds. The predicted molar refractivity (Wildman–Crippen MR) is 114 cm³/mol. The Balaban J connectivity index is 1.61. The number of aromatic hydroxyl groups is 1. The maximum atomic E-state index is 12.6. The van der Waals surface area contributed by atoms with Crippen LogP contribution in [-0.4, -0.2) is 39.2 Å². The summed E-state index contributed by atoms with van der Waals surface area (Å²) in [7, 11) is 0. The number of carbonyl (C=O) groups excluding carboxylic acids is 2. The van der Waals surface area contributed by atoms with E-state index in [0.29, 0.717) is 9.23 Å². The van der Waals surface area contributed by atoms with Crippen molar-refractivity contribution in [1.29, 1.82) is 0 Å². The van der Waals surface area contributed by atoms with E-state index in [1.54, 1.807) is 18.2 Å². The van der Waals surface area contributed by atoms with Crippen LogP contribution in [0.2, 0.25) is 0 Å². The summed E-state index contributed by atoms with van der Waals surface area (Å²) < 4.78 is 1.39. The average Bonchev–Trinajstić information content (AvgIpc) is 2.89. The SMILES string of the molecule is O=C(NCCN1C(=O)/C(=C\c2cccc(Br)c2)SC1=S)c1ccccc1O. The summed E-state index contributed by atoms with van der Waals surface area (Å²) >= 11 is 9.94. The number of rotatable bonds is 5. The van der Waals surface area contributed by atoms with Crippen molar-refractivity contribution in [2.45, 2.75) is 0 Å². The zero-order valence-corrected chi connectivity index (χ0v) is 17.2. The molecular formula is C19H15BrN2O3S2.